The average Bonchev–Trinajstić information content (AvgIpc) is 2.58. The van der Waals surface area contributed by atoms with Crippen LogP contribution < -0.4 is 5.32 Å². The van der Waals surface area contributed by atoms with Crippen LogP contribution in [0.4, 0.5) is 8.78 Å². The molecule has 0 fully saturated rings. The van der Waals surface area contributed by atoms with Crippen LogP contribution in [0.1, 0.15) is 55.8 Å². The maximum Gasteiger partial charge on any atom is 0.131 e. The molecule has 0 amide bonds. The van der Waals surface area contributed by atoms with E-state index >= 15 is 0 Å². The van der Waals surface area contributed by atoms with Crippen molar-refractivity contribution >= 4 is 0 Å². The first-order chi connectivity index (χ1) is 8.49. The summed E-state index contributed by atoms with van der Waals surface area (Å²) < 4.78 is 28.4. The number of nitrogens with one attached hydrogen (secondary N) is 1. The third-order valence-electron chi connectivity index (χ3n) is 4.17. The Kier molecular flexibility index (Phi) is 3.71. The quantitative estimate of drug-likeness (QED) is 0.856. The molecule has 0 radical (unpaired) electrons. The normalized spacial score (nSPS) is 26.4. The lowest BCUT2D eigenvalue weighted by Crippen LogP contribution is -2.26. The highest BCUT2D eigenvalue weighted by molar-refractivity contribution is 5.44. The van der Waals surface area contributed by atoms with Gasteiger partial charge in [0, 0.05) is 11.6 Å². The summed E-state index contributed by atoms with van der Waals surface area (Å²) in [5, 5.41) is 3.36. The zero-order valence-electron chi connectivity index (χ0n) is 11.5. The summed E-state index contributed by atoms with van der Waals surface area (Å²) in [6, 6.07) is 1.25. The molecule has 0 heterocycles. The summed E-state index contributed by atoms with van der Waals surface area (Å²) >= 11 is 0. The molecule has 18 heavy (non-hydrogen) atoms. The number of fused-ring (bicyclic) bond motifs is 1. The maximum absolute atomic E-state index is 14.3. The number of hydrogen-bond donors (Lipinski definition) is 1. The lowest BCUT2D eigenvalue weighted by Gasteiger charge is -2.20. The first-order valence-corrected chi connectivity index (χ1v) is 6.70. The molecule has 1 nitrogen and oxygen atoms in total. The maximum atomic E-state index is 14.3. The van der Waals surface area contributed by atoms with Crippen LogP contribution in [-0.4, -0.2) is 6.54 Å². The summed E-state index contributed by atoms with van der Waals surface area (Å²) in [5.74, 6) is -0.220. The van der Waals surface area contributed by atoms with E-state index in [-0.39, 0.29) is 29.5 Å². The molecule has 0 bridgehead atoms. The van der Waals surface area contributed by atoms with E-state index in [1.807, 2.05) is 6.92 Å². The molecule has 2 rings (SSSR count). The predicted octanol–water partition coefficient (Wildman–Crippen LogP) is 4.07. The van der Waals surface area contributed by atoms with Crippen molar-refractivity contribution in [2.75, 3.05) is 6.54 Å². The molecule has 3 atom stereocenters. The van der Waals surface area contributed by atoms with Crippen LogP contribution in [0.25, 0.3) is 0 Å². The van der Waals surface area contributed by atoms with Crippen LogP contribution in [0.5, 0.6) is 0 Å². The van der Waals surface area contributed by atoms with Gasteiger partial charge in [-0.05, 0) is 48.9 Å². The van der Waals surface area contributed by atoms with Gasteiger partial charge in [-0.3, -0.25) is 0 Å². The summed E-state index contributed by atoms with van der Waals surface area (Å²) in [5.41, 5.74) is 1.52. The van der Waals surface area contributed by atoms with E-state index in [0.29, 0.717) is 16.7 Å². The van der Waals surface area contributed by atoms with Crippen LogP contribution in [-0.2, 0) is 0 Å². The molecule has 1 aromatic carbocycles. The van der Waals surface area contributed by atoms with Gasteiger partial charge in [0.25, 0.3) is 0 Å². The third-order valence-corrected chi connectivity index (χ3v) is 4.17. The van der Waals surface area contributed by atoms with E-state index in [1.165, 1.54) is 6.07 Å². The molecule has 1 aliphatic rings. The molecule has 100 valence electrons. The fourth-order valence-electron chi connectivity index (χ4n) is 2.96. The van der Waals surface area contributed by atoms with E-state index < -0.39 is 0 Å². The SMILES string of the molecule is CCCNC1c2c(F)c(C)cc(F)c2C(C)C1C. The average molecular weight is 253 g/mol. The fourth-order valence-corrected chi connectivity index (χ4v) is 2.96. The Labute approximate surface area is 108 Å². The number of halogens is 2. The lowest BCUT2D eigenvalue weighted by molar-refractivity contribution is 0.372. The molecule has 3 heteroatoms. The molecule has 0 aromatic heterocycles. The van der Waals surface area contributed by atoms with Gasteiger partial charge in [-0.2, -0.15) is 0 Å². The summed E-state index contributed by atoms with van der Waals surface area (Å²) in [6.07, 6.45) is 0.989. The van der Waals surface area contributed by atoms with Crippen LogP contribution >= 0.6 is 0 Å². The summed E-state index contributed by atoms with van der Waals surface area (Å²) in [7, 11) is 0. The fraction of sp³-hybridized carbons (Fsp3) is 0.600. The van der Waals surface area contributed by atoms with Crippen molar-refractivity contribution in [2.45, 2.75) is 46.1 Å². The molecule has 0 aliphatic heterocycles. The minimum absolute atomic E-state index is 0.0597. The molecule has 0 saturated heterocycles. The summed E-state index contributed by atoms with van der Waals surface area (Å²) in [6.45, 7) is 8.57. The Bertz CT molecular complexity index is 456. The van der Waals surface area contributed by atoms with Crippen molar-refractivity contribution in [3.63, 3.8) is 0 Å². The van der Waals surface area contributed by atoms with E-state index in [0.717, 1.165) is 13.0 Å². The van der Waals surface area contributed by atoms with Gasteiger partial charge in [0.2, 0.25) is 0 Å². The molecular weight excluding hydrogens is 232 g/mol. The second-order valence-electron chi connectivity index (χ2n) is 5.40. The molecule has 0 spiro atoms. The first kappa shape index (κ1) is 13.5. The van der Waals surface area contributed by atoms with Crippen LogP contribution in [0, 0.1) is 24.5 Å². The number of hydrogen-bond acceptors (Lipinski definition) is 1. The van der Waals surface area contributed by atoms with Gasteiger partial charge in [-0.15, -0.1) is 0 Å². The first-order valence-electron chi connectivity index (χ1n) is 6.70. The van der Waals surface area contributed by atoms with E-state index in [1.54, 1.807) is 6.92 Å². The number of aryl methyl sites for hydroxylation is 1. The Morgan fingerprint density at radius 1 is 1.22 bits per heavy atom. The van der Waals surface area contributed by atoms with Crippen molar-refractivity contribution < 1.29 is 8.78 Å². The van der Waals surface area contributed by atoms with Crippen molar-refractivity contribution in [1.82, 2.24) is 5.32 Å². The third kappa shape index (κ3) is 1.95. The molecule has 1 aromatic rings. The molecule has 0 saturated carbocycles. The minimum Gasteiger partial charge on any atom is -0.310 e. The van der Waals surface area contributed by atoms with Crippen molar-refractivity contribution in [2.24, 2.45) is 5.92 Å². The number of rotatable bonds is 3. The molecule has 1 aliphatic carbocycles. The standard InChI is InChI=1S/C15H21F2N/c1-5-6-18-15-10(4)9(3)12-11(16)7-8(2)14(17)13(12)15/h7,9-10,15,18H,5-6H2,1-4H3. The smallest absolute Gasteiger partial charge is 0.131 e. The van der Waals surface area contributed by atoms with Crippen LogP contribution in [0.2, 0.25) is 0 Å². The van der Waals surface area contributed by atoms with Gasteiger partial charge in [0.15, 0.2) is 0 Å². The highest BCUT2D eigenvalue weighted by atomic mass is 19.1. The zero-order valence-corrected chi connectivity index (χ0v) is 11.5. The van der Waals surface area contributed by atoms with Gasteiger partial charge in [0.05, 0.1) is 0 Å². The van der Waals surface area contributed by atoms with Gasteiger partial charge >= 0.3 is 0 Å². The van der Waals surface area contributed by atoms with Crippen LogP contribution in [0.15, 0.2) is 6.07 Å². The van der Waals surface area contributed by atoms with Crippen molar-refractivity contribution in [3.8, 4) is 0 Å². The van der Waals surface area contributed by atoms with Crippen LogP contribution in [0.3, 0.4) is 0 Å². The largest absolute Gasteiger partial charge is 0.310 e. The van der Waals surface area contributed by atoms with E-state index in [9.17, 15) is 8.78 Å². The van der Waals surface area contributed by atoms with Gasteiger partial charge < -0.3 is 5.32 Å². The minimum atomic E-state index is -0.260. The van der Waals surface area contributed by atoms with E-state index in [4.69, 9.17) is 0 Å². The van der Waals surface area contributed by atoms with Gasteiger partial charge in [-0.1, -0.05) is 20.8 Å². The van der Waals surface area contributed by atoms with Gasteiger partial charge in [-0.25, -0.2) is 8.78 Å². The van der Waals surface area contributed by atoms with Crippen molar-refractivity contribution in [3.05, 3.63) is 34.4 Å². The Morgan fingerprint density at radius 2 is 1.89 bits per heavy atom. The predicted molar refractivity (Wildman–Crippen MR) is 69.7 cm³/mol. The Morgan fingerprint density at radius 3 is 2.50 bits per heavy atom. The zero-order chi connectivity index (χ0) is 13.4. The summed E-state index contributed by atoms with van der Waals surface area (Å²) in [4.78, 5) is 0. The lowest BCUT2D eigenvalue weighted by atomic mass is 9.94. The number of benzene rings is 1. The monoisotopic (exact) mass is 253 g/mol. The van der Waals surface area contributed by atoms with E-state index in [2.05, 4.69) is 19.2 Å². The molecular formula is C15H21F2N. The Balaban J connectivity index is 2.52. The second-order valence-corrected chi connectivity index (χ2v) is 5.40. The highest BCUT2D eigenvalue weighted by Gasteiger charge is 2.39. The second kappa shape index (κ2) is 4.96. The topological polar surface area (TPSA) is 12.0 Å². The molecule has 1 N–H and O–H groups in total. The Hall–Kier alpha value is -0.960. The van der Waals surface area contributed by atoms with Gasteiger partial charge in [0.1, 0.15) is 11.6 Å². The molecule has 3 unspecified atom stereocenters. The van der Waals surface area contributed by atoms with Crippen molar-refractivity contribution in [1.29, 1.82) is 0 Å². The highest BCUT2D eigenvalue weighted by Crippen LogP contribution is 2.47.